The van der Waals surface area contributed by atoms with Crippen molar-refractivity contribution in [1.29, 1.82) is 0 Å². The van der Waals surface area contributed by atoms with Crippen molar-refractivity contribution in [3.05, 3.63) is 29.8 Å². The molecule has 0 aliphatic carbocycles. The van der Waals surface area contributed by atoms with Gasteiger partial charge in [-0.2, -0.15) is 0 Å². The quantitative estimate of drug-likeness (QED) is 0.572. The summed E-state index contributed by atoms with van der Waals surface area (Å²) in [5, 5.41) is 9.41. The van der Waals surface area contributed by atoms with E-state index in [-0.39, 0.29) is 17.7 Å². The fourth-order valence-electron chi connectivity index (χ4n) is 1.25. The SMILES string of the molecule is COC(=O)C(N)CC(=O)c1ccccc1O. The van der Waals surface area contributed by atoms with E-state index in [9.17, 15) is 14.7 Å². The van der Waals surface area contributed by atoms with Gasteiger partial charge in [0, 0.05) is 6.42 Å². The van der Waals surface area contributed by atoms with E-state index >= 15 is 0 Å². The number of carbonyl (C=O) groups excluding carboxylic acids is 2. The first-order chi connectivity index (χ1) is 7.56. The molecule has 3 N–H and O–H groups in total. The maximum Gasteiger partial charge on any atom is 0.323 e. The molecule has 0 heterocycles. The van der Waals surface area contributed by atoms with Gasteiger partial charge in [-0.25, -0.2) is 0 Å². The van der Waals surface area contributed by atoms with E-state index in [0.29, 0.717) is 0 Å². The number of Topliss-reactive ketones (excluding diaryl/α,β-unsaturated/α-hetero) is 1. The van der Waals surface area contributed by atoms with Gasteiger partial charge in [-0.15, -0.1) is 0 Å². The summed E-state index contributed by atoms with van der Waals surface area (Å²) in [6.45, 7) is 0. The van der Waals surface area contributed by atoms with Crippen LogP contribution in [0.2, 0.25) is 0 Å². The van der Waals surface area contributed by atoms with E-state index in [2.05, 4.69) is 4.74 Å². The number of methoxy groups -OCH3 is 1. The number of hydrogen-bond acceptors (Lipinski definition) is 5. The van der Waals surface area contributed by atoms with Crippen LogP contribution in [0.15, 0.2) is 24.3 Å². The zero-order valence-electron chi connectivity index (χ0n) is 8.84. The van der Waals surface area contributed by atoms with Crippen LogP contribution < -0.4 is 5.73 Å². The molecule has 1 aromatic rings. The standard InChI is InChI=1S/C11H13NO4/c1-16-11(15)8(12)6-10(14)7-4-2-3-5-9(7)13/h2-5,8,13H,6,12H2,1H3. The van der Waals surface area contributed by atoms with E-state index in [1.54, 1.807) is 12.1 Å². The predicted molar refractivity (Wildman–Crippen MR) is 57.0 cm³/mol. The summed E-state index contributed by atoms with van der Waals surface area (Å²) in [6, 6.07) is 5.10. The van der Waals surface area contributed by atoms with Crippen molar-refractivity contribution in [2.45, 2.75) is 12.5 Å². The highest BCUT2D eigenvalue weighted by molar-refractivity contribution is 6.00. The summed E-state index contributed by atoms with van der Waals surface area (Å²) in [6.07, 6.45) is -0.190. The Morgan fingerprint density at radius 2 is 2.06 bits per heavy atom. The molecule has 1 atom stereocenters. The van der Waals surface area contributed by atoms with Gasteiger partial charge in [-0.05, 0) is 12.1 Å². The molecule has 0 saturated heterocycles. The number of hydrogen-bond donors (Lipinski definition) is 2. The Bertz CT molecular complexity index is 403. The molecule has 5 nitrogen and oxygen atoms in total. The molecule has 5 heteroatoms. The van der Waals surface area contributed by atoms with Gasteiger partial charge in [0.15, 0.2) is 5.78 Å². The smallest absolute Gasteiger partial charge is 0.323 e. The summed E-state index contributed by atoms with van der Waals surface area (Å²) < 4.78 is 4.40. The number of para-hydroxylation sites is 1. The Kier molecular flexibility index (Phi) is 4.02. The van der Waals surface area contributed by atoms with E-state index in [4.69, 9.17) is 5.73 Å². The minimum atomic E-state index is -1.00. The third kappa shape index (κ3) is 2.80. The lowest BCUT2D eigenvalue weighted by atomic mass is 10.0. The molecule has 0 aromatic heterocycles. The number of rotatable bonds is 4. The van der Waals surface area contributed by atoms with Gasteiger partial charge in [0.2, 0.25) is 0 Å². The van der Waals surface area contributed by atoms with Gasteiger partial charge in [-0.3, -0.25) is 9.59 Å². The molecular weight excluding hydrogens is 210 g/mol. The number of benzene rings is 1. The van der Waals surface area contributed by atoms with Crippen LogP contribution in [0.4, 0.5) is 0 Å². The van der Waals surface area contributed by atoms with E-state index in [1.807, 2.05) is 0 Å². The maximum absolute atomic E-state index is 11.6. The molecule has 0 aliphatic rings. The summed E-state index contributed by atoms with van der Waals surface area (Å²) >= 11 is 0. The van der Waals surface area contributed by atoms with E-state index in [1.165, 1.54) is 19.2 Å². The van der Waals surface area contributed by atoms with Gasteiger partial charge in [0.25, 0.3) is 0 Å². The highest BCUT2D eigenvalue weighted by Gasteiger charge is 2.20. The summed E-state index contributed by atoms with van der Waals surface area (Å²) in [4.78, 5) is 22.7. The first-order valence-electron chi connectivity index (χ1n) is 4.71. The molecule has 0 saturated carbocycles. The Morgan fingerprint density at radius 3 is 2.62 bits per heavy atom. The molecule has 0 amide bonds. The van der Waals surface area contributed by atoms with E-state index in [0.717, 1.165) is 0 Å². The highest BCUT2D eigenvalue weighted by Crippen LogP contribution is 2.17. The molecule has 1 rings (SSSR count). The van der Waals surface area contributed by atoms with Gasteiger partial charge in [-0.1, -0.05) is 12.1 Å². The van der Waals surface area contributed by atoms with Crippen LogP contribution in [0.25, 0.3) is 0 Å². The Morgan fingerprint density at radius 1 is 1.44 bits per heavy atom. The van der Waals surface area contributed by atoms with Crippen LogP contribution in [-0.2, 0) is 9.53 Å². The number of ether oxygens (including phenoxy) is 1. The lowest BCUT2D eigenvalue weighted by Crippen LogP contribution is -2.33. The average molecular weight is 223 g/mol. The van der Waals surface area contributed by atoms with Crippen molar-refractivity contribution < 1.29 is 19.4 Å². The fraction of sp³-hybridized carbons (Fsp3) is 0.273. The zero-order valence-corrected chi connectivity index (χ0v) is 8.84. The highest BCUT2D eigenvalue weighted by atomic mass is 16.5. The van der Waals surface area contributed by atoms with E-state index < -0.39 is 17.8 Å². The minimum absolute atomic E-state index is 0.121. The molecule has 0 bridgehead atoms. The summed E-state index contributed by atoms with van der Waals surface area (Å²) in [5.74, 6) is -1.16. The molecule has 0 radical (unpaired) electrons. The van der Waals surface area contributed by atoms with Crippen LogP contribution >= 0.6 is 0 Å². The van der Waals surface area contributed by atoms with Gasteiger partial charge in [0.1, 0.15) is 11.8 Å². The summed E-state index contributed by atoms with van der Waals surface area (Å²) in [5.41, 5.74) is 5.59. The maximum atomic E-state index is 11.6. The van der Waals surface area contributed by atoms with Crippen LogP contribution in [0.1, 0.15) is 16.8 Å². The fourth-order valence-corrected chi connectivity index (χ4v) is 1.25. The van der Waals surface area contributed by atoms with Gasteiger partial charge < -0.3 is 15.6 Å². The van der Waals surface area contributed by atoms with Crippen molar-refractivity contribution in [3.8, 4) is 5.75 Å². The molecular formula is C11H13NO4. The third-order valence-electron chi connectivity index (χ3n) is 2.11. The lowest BCUT2D eigenvalue weighted by Gasteiger charge is -2.08. The topological polar surface area (TPSA) is 89.6 Å². The van der Waals surface area contributed by atoms with Crippen molar-refractivity contribution in [1.82, 2.24) is 0 Å². The molecule has 86 valence electrons. The first kappa shape index (κ1) is 12.2. The molecule has 1 unspecified atom stereocenters. The van der Waals surface area contributed by atoms with Gasteiger partial charge in [0.05, 0.1) is 12.7 Å². The van der Waals surface area contributed by atoms with Crippen LogP contribution in [-0.4, -0.2) is 30.0 Å². The van der Waals surface area contributed by atoms with Crippen molar-refractivity contribution >= 4 is 11.8 Å². The molecule has 0 spiro atoms. The number of carbonyl (C=O) groups is 2. The van der Waals surface area contributed by atoms with Crippen molar-refractivity contribution in [2.24, 2.45) is 5.73 Å². The predicted octanol–water partition coefficient (Wildman–Crippen LogP) is 0.465. The second kappa shape index (κ2) is 5.27. The Balaban J connectivity index is 2.73. The Hall–Kier alpha value is -1.88. The monoisotopic (exact) mass is 223 g/mol. The average Bonchev–Trinajstić information content (AvgIpc) is 2.28. The molecule has 0 aliphatic heterocycles. The lowest BCUT2D eigenvalue weighted by molar-refractivity contribution is -0.142. The molecule has 1 aromatic carbocycles. The van der Waals surface area contributed by atoms with Crippen LogP contribution in [0.5, 0.6) is 5.75 Å². The summed E-state index contributed by atoms with van der Waals surface area (Å²) in [7, 11) is 1.20. The van der Waals surface area contributed by atoms with Crippen LogP contribution in [0.3, 0.4) is 0 Å². The zero-order chi connectivity index (χ0) is 12.1. The number of ketones is 1. The molecule has 16 heavy (non-hydrogen) atoms. The number of phenols is 1. The minimum Gasteiger partial charge on any atom is -0.507 e. The second-order valence-electron chi connectivity index (χ2n) is 3.27. The van der Waals surface area contributed by atoms with Crippen molar-refractivity contribution in [2.75, 3.05) is 7.11 Å². The largest absolute Gasteiger partial charge is 0.507 e. The number of aromatic hydroxyl groups is 1. The number of esters is 1. The molecule has 0 fully saturated rings. The van der Waals surface area contributed by atoms with Crippen molar-refractivity contribution in [3.63, 3.8) is 0 Å². The first-order valence-corrected chi connectivity index (χ1v) is 4.71. The normalized spacial score (nSPS) is 11.9. The Labute approximate surface area is 92.8 Å². The van der Waals surface area contributed by atoms with Crippen LogP contribution in [0, 0.1) is 0 Å². The third-order valence-corrected chi connectivity index (χ3v) is 2.11. The second-order valence-corrected chi connectivity index (χ2v) is 3.27. The van der Waals surface area contributed by atoms with Gasteiger partial charge >= 0.3 is 5.97 Å². The number of nitrogens with two attached hydrogens (primary N) is 1. The number of phenolic OH excluding ortho intramolecular Hbond substituents is 1.